The highest BCUT2D eigenvalue weighted by atomic mass is 32.1. The van der Waals surface area contributed by atoms with Gasteiger partial charge in [-0.1, -0.05) is 0 Å². The first-order chi connectivity index (χ1) is 9.92. The highest BCUT2D eigenvalue weighted by Gasteiger charge is 2.30. The second-order valence-electron chi connectivity index (χ2n) is 6.79. The number of hydrogen-bond acceptors (Lipinski definition) is 5. The van der Waals surface area contributed by atoms with Crippen molar-refractivity contribution in [3.05, 3.63) is 28.5 Å². The van der Waals surface area contributed by atoms with E-state index in [0.29, 0.717) is 5.92 Å². The van der Waals surface area contributed by atoms with Gasteiger partial charge in [-0.2, -0.15) is 0 Å². The minimum Gasteiger partial charge on any atom is -0.307 e. The second kappa shape index (κ2) is 5.46. The molecule has 0 aromatic carbocycles. The highest BCUT2D eigenvalue weighted by Crippen LogP contribution is 2.43. The molecular formula is C16H22N4S. The Morgan fingerprint density at radius 2 is 1.90 bits per heavy atom. The van der Waals surface area contributed by atoms with Crippen LogP contribution >= 0.6 is 11.3 Å². The molecule has 1 aliphatic carbocycles. The fourth-order valence-electron chi connectivity index (χ4n) is 2.11. The third-order valence-corrected chi connectivity index (χ3v) is 4.51. The number of aromatic nitrogens is 3. The fraction of sp³-hybridized carbons (Fsp3) is 0.562. The Kier molecular flexibility index (Phi) is 3.80. The van der Waals surface area contributed by atoms with E-state index < -0.39 is 0 Å². The molecule has 3 rings (SSSR count). The van der Waals surface area contributed by atoms with Crippen LogP contribution < -0.4 is 5.32 Å². The average Bonchev–Trinajstić information content (AvgIpc) is 3.17. The first kappa shape index (κ1) is 14.6. The van der Waals surface area contributed by atoms with Gasteiger partial charge in [-0.15, -0.1) is 11.3 Å². The second-order valence-corrected chi connectivity index (χ2v) is 7.87. The molecular weight excluding hydrogens is 280 g/mol. The molecule has 0 radical (unpaired) electrons. The first-order valence-electron chi connectivity index (χ1n) is 7.46. The van der Waals surface area contributed by atoms with Crippen molar-refractivity contribution in [1.29, 1.82) is 0 Å². The van der Waals surface area contributed by atoms with Crippen LogP contribution in [-0.2, 0) is 6.54 Å². The predicted octanol–water partition coefficient (Wildman–Crippen LogP) is 3.67. The number of hydrogen-bond donors (Lipinski definition) is 1. The monoisotopic (exact) mass is 302 g/mol. The van der Waals surface area contributed by atoms with Crippen molar-refractivity contribution in [2.75, 3.05) is 0 Å². The molecule has 0 aliphatic heterocycles. The molecule has 5 heteroatoms. The van der Waals surface area contributed by atoms with Crippen LogP contribution in [0.3, 0.4) is 0 Å². The lowest BCUT2D eigenvalue weighted by Gasteiger charge is -2.20. The van der Waals surface area contributed by atoms with Crippen molar-refractivity contribution in [2.24, 2.45) is 0 Å². The molecule has 1 fully saturated rings. The number of nitrogens with zero attached hydrogens (tertiary/aromatic N) is 3. The normalized spacial score (nSPS) is 15.4. The number of rotatable bonds is 4. The summed E-state index contributed by atoms with van der Waals surface area (Å²) in [4.78, 5) is 15.0. The van der Waals surface area contributed by atoms with Crippen LogP contribution in [0.15, 0.2) is 12.4 Å². The molecule has 0 spiro atoms. The van der Waals surface area contributed by atoms with E-state index in [1.807, 2.05) is 19.3 Å². The Balaban J connectivity index is 1.87. The van der Waals surface area contributed by atoms with Crippen LogP contribution in [-0.4, -0.2) is 20.5 Å². The van der Waals surface area contributed by atoms with Crippen LogP contribution in [0.5, 0.6) is 0 Å². The van der Waals surface area contributed by atoms with Gasteiger partial charge in [0.1, 0.15) is 0 Å². The standard InChI is InChI=1S/C16H22N4S/c1-10-7-17-14(18-8-10)15-20-13(11-5-6-11)12(21-15)9-19-16(2,3)4/h7-8,11,19H,5-6,9H2,1-4H3. The summed E-state index contributed by atoms with van der Waals surface area (Å²) in [6.45, 7) is 9.44. The summed E-state index contributed by atoms with van der Waals surface area (Å²) in [5, 5.41) is 4.51. The van der Waals surface area contributed by atoms with Crippen LogP contribution in [0, 0.1) is 6.92 Å². The lowest BCUT2D eigenvalue weighted by Crippen LogP contribution is -2.35. The SMILES string of the molecule is Cc1cnc(-c2nc(C3CC3)c(CNC(C)(C)C)s2)nc1. The van der Waals surface area contributed by atoms with Gasteiger partial charge in [0.05, 0.1) is 5.69 Å². The van der Waals surface area contributed by atoms with Gasteiger partial charge in [0.2, 0.25) is 0 Å². The molecule has 0 bridgehead atoms. The lowest BCUT2D eigenvalue weighted by molar-refractivity contribution is 0.425. The van der Waals surface area contributed by atoms with Crippen LogP contribution in [0.1, 0.15) is 55.7 Å². The van der Waals surface area contributed by atoms with E-state index in [4.69, 9.17) is 4.98 Å². The Bertz CT molecular complexity index is 621. The van der Waals surface area contributed by atoms with Gasteiger partial charge >= 0.3 is 0 Å². The Morgan fingerprint density at radius 3 is 2.48 bits per heavy atom. The zero-order chi connectivity index (χ0) is 15.0. The van der Waals surface area contributed by atoms with E-state index in [-0.39, 0.29) is 5.54 Å². The van der Waals surface area contributed by atoms with Gasteiger partial charge in [-0.25, -0.2) is 15.0 Å². The topological polar surface area (TPSA) is 50.7 Å². The van der Waals surface area contributed by atoms with E-state index in [1.165, 1.54) is 23.4 Å². The largest absolute Gasteiger partial charge is 0.307 e. The first-order valence-corrected chi connectivity index (χ1v) is 8.28. The Labute approximate surface area is 130 Å². The summed E-state index contributed by atoms with van der Waals surface area (Å²) >= 11 is 1.73. The summed E-state index contributed by atoms with van der Waals surface area (Å²) < 4.78 is 0. The van der Waals surface area contributed by atoms with E-state index in [0.717, 1.165) is 22.9 Å². The van der Waals surface area contributed by atoms with Gasteiger partial charge in [-0.05, 0) is 46.1 Å². The molecule has 0 amide bonds. The van der Waals surface area contributed by atoms with Gasteiger partial charge in [0, 0.05) is 35.3 Å². The van der Waals surface area contributed by atoms with E-state index in [1.54, 1.807) is 11.3 Å². The fourth-order valence-corrected chi connectivity index (χ4v) is 3.15. The van der Waals surface area contributed by atoms with Crippen LogP contribution in [0.4, 0.5) is 0 Å². The average molecular weight is 302 g/mol. The molecule has 0 atom stereocenters. The molecule has 2 heterocycles. The lowest BCUT2D eigenvalue weighted by atomic mass is 10.1. The van der Waals surface area contributed by atoms with Gasteiger partial charge in [0.15, 0.2) is 10.8 Å². The molecule has 0 saturated heterocycles. The van der Waals surface area contributed by atoms with Crippen molar-refractivity contribution in [3.8, 4) is 10.8 Å². The van der Waals surface area contributed by atoms with Crippen LogP contribution in [0.2, 0.25) is 0 Å². The number of thiazole rings is 1. The van der Waals surface area contributed by atoms with Gasteiger partial charge < -0.3 is 5.32 Å². The van der Waals surface area contributed by atoms with E-state index >= 15 is 0 Å². The van der Waals surface area contributed by atoms with Crippen LogP contribution in [0.25, 0.3) is 10.8 Å². The minimum atomic E-state index is 0.116. The molecule has 4 nitrogen and oxygen atoms in total. The molecule has 2 aromatic heterocycles. The van der Waals surface area contributed by atoms with Crippen molar-refractivity contribution in [3.63, 3.8) is 0 Å². The van der Waals surface area contributed by atoms with E-state index in [9.17, 15) is 0 Å². The van der Waals surface area contributed by atoms with Gasteiger partial charge in [0.25, 0.3) is 0 Å². The van der Waals surface area contributed by atoms with Gasteiger partial charge in [-0.3, -0.25) is 0 Å². The summed E-state index contributed by atoms with van der Waals surface area (Å²) in [5.74, 6) is 1.40. The highest BCUT2D eigenvalue weighted by molar-refractivity contribution is 7.15. The third kappa shape index (κ3) is 3.66. The van der Waals surface area contributed by atoms with Crippen molar-refractivity contribution in [1.82, 2.24) is 20.3 Å². The Hall–Kier alpha value is -1.33. The maximum absolute atomic E-state index is 4.83. The molecule has 0 unspecified atom stereocenters. The smallest absolute Gasteiger partial charge is 0.188 e. The predicted molar refractivity (Wildman–Crippen MR) is 86.4 cm³/mol. The maximum Gasteiger partial charge on any atom is 0.188 e. The van der Waals surface area contributed by atoms with Crippen molar-refractivity contribution in [2.45, 2.75) is 58.5 Å². The van der Waals surface area contributed by atoms with E-state index in [2.05, 4.69) is 36.1 Å². The summed E-state index contributed by atoms with van der Waals surface area (Å²) in [6.07, 6.45) is 6.24. The summed E-state index contributed by atoms with van der Waals surface area (Å²) in [5.41, 5.74) is 2.45. The molecule has 2 aromatic rings. The summed E-state index contributed by atoms with van der Waals surface area (Å²) in [7, 11) is 0. The van der Waals surface area contributed by atoms with Crippen molar-refractivity contribution >= 4 is 11.3 Å². The zero-order valence-electron chi connectivity index (χ0n) is 13.1. The molecule has 112 valence electrons. The maximum atomic E-state index is 4.83. The Morgan fingerprint density at radius 1 is 1.24 bits per heavy atom. The zero-order valence-corrected chi connectivity index (χ0v) is 13.9. The summed E-state index contributed by atoms with van der Waals surface area (Å²) in [6, 6.07) is 0. The number of nitrogens with one attached hydrogen (secondary N) is 1. The minimum absolute atomic E-state index is 0.116. The molecule has 21 heavy (non-hydrogen) atoms. The molecule has 1 saturated carbocycles. The third-order valence-electron chi connectivity index (χ3n) is 3.44. The van der Waals surface area contributed by atoms with Crippen molar-refractivity contribution < 1.29 is 0 Å². The molecule has 1 N–H and O–H groups in total. The molecule has 1 aliphatic rings. The number of aryl methyl sites for hydroxylation is 1. The quantitative estimate of drug-likeness (QED) is 0.936.